The van der Waals surface area contributed by atoms with Crippen LogP contribution in [0.1, 0.15) is 74.2 Å². The Morgan fingerprint density at radius 2 is 1.29 bits per heavy atom. The number of rotatable bonds is 12. The third-order valence-electron chi connectivity index (χ3n) is 9.97. The minimum atomic E-state index is -0.817. The van der Waals surface area contributed by atoms with Gasteiger partial charge in [-0.2, -0.15) is 15.0 Å². The number of fused-ring (bicyclic) bond motifs is 2. The summed E-state index contributed by atoms with van der Waals surface area (Å²) in [7, 11) is 3.27. The molecule has 318 valence electrons. The van der Waals surface area contributed by atoms with E-state index in [0.29, 0.717) is 72.6 Å². The van der Waals surface area contributed by atoms with E-state index < -0.39 is 5.60 Å². The van der Waals surface area contributed by atoms with E-state index in [-0.39, 0.29) is 42.0 Å². The zero-order valence-electron chi connectivity index (χ0n) is 35.4. The van der Waals surface area contributed by atoms with Crippen molar-refractivity contribution in [2.45, 2.75) is 86.9 Å². The van der Waals surface area contributed by atoms with Crippen LogP contribution in [0, 0.1) is 33.6 Å². The van der Waals surface area contributed by atoms with E-state index in [9.17, 15) is 14.7 Å². The number of halogens is 2. The average molecular weight is 898 g/mol. The number of carbonyl (C=O) groups excluding carboxylic acids is 2. The number of aromatic nitrogens is 6. The number of ether oxygens (including phenoxy) is 2. The summed E-state index contributed by atoms with van der Waals surface area (Å²) in [5.74, 6) is 3.04. The van der Waals surface area contributed by atoms with Gasteiger partial charge in [0.2, 0.25) is 23.7 Å². The number of pyridine rings is 2. The third-order valence-corrected chi connectivity index (χ3v) is 10.8. The fourth-order valence-electron chi connectivity index (χ4n) is 7.21. The predicted octanol–water partition coefficient (Wildman–Crippen LogP) is 5.49. The Morgan fingerprint density at radius 3 is 1.76 bits per heavy atom. The average Bonchev–Trinajstić information content (AvgIpc) is 3.13. The van der Waals surface area contributed by atoms with Gasteiger partial charge in [-0.1, -0.05) is 25.4 Å². The number of methoxy groups -OCH3 is 2. The first-order valence-corrected chi connectivity index (χ1v) is 20.4. The molecule has 4 aromatic rings. The van der Waals surface area contributed by atoms with Crippen molar-refractivity contribution in [1.82, 2.24) is 29.9 Å². The summed E-state index contributed by atoms with van der Waals surface area (Å²) in [6.45, 7) is 17.4. The Labute approximate surface area is 358 Å². The van der Waals surface area contributed by atoms with Crippen molar-refractivity contribution >= 4 is 74.3 Å². The molecule has 0 spiro atoms. The monoisotopic (exact) mass is 896 g/mol. The normalized spacial score (nSPS) is 14.0. The van der Waals surface area contributed by atoms with Gasteiger partial charge in [-0.15, -0.1) is 0 Å². The maximum Gasteiger partial charge on any atom is 0.246 e. The first-order chi connectivity index (χ1) is 27.7. The molecular weight excluding hydrogens is 844 g/mol. The Kier molecular flexibility index (Phi) is 14.1. The van der Waals surface area contributed by atoms with Crippen LogP contribution >= 0.6 is 27.5 Å². The zero-order chi connectivity index (χ0) is 43.5. The minimum absolute atomic E-state index is 0.00741. The van der Waals surface area contributed by atoms with E-state index in [0.717, 1.165) is 45.1 Å². The van der Waals surface area contributed by atoms with Gasteiger partial charge < -0.3 is 45.6 Å². The molecule has 59 heavy (non-hydrogen) atoms. The van der Waals surface area contributed by atoms with Crippen molar-refractivity contribution in [3.63, 3.8) is 0 Å². The van der Waals surface area contributed by atoms with Crippen molar-refractivity contribution in [2.24, 2.45) is 5.92 Å². The van der Waals surface area contributed by atoms with Crippen LogP contribution in [-0.4, -0.2) is 92.8 Å². The lowest BCUT2D eigenvalue weighted by molar-refractivity contribution is -0.118. The van der Waals surface area contributed by atoms with E-state index in [2.05, 4.69) is 59.7 Å². The number of anilines is 6. The first kappa shape index (κ1) is 45.0. The summed E-state index contributed by atoms with van der Waals surface area (Å²) < 4.78 is 11.5. The fraction of sp³-hybridized carbons (Fsp3) is 0.500. The molecule has 0 saturated heterocycles. The molecule has 6 heterocycles. The summed E-state index contributed by atoms with van der Waals surface area (Å²) in [4.78, 5) is 59.2. The summed E-state index contributed by atoms with van der Waals surface area (Å²) in [5.41, 5.74) is 17.4. The number of nitrogens with zero attached hydrogens (tertiary/aromatic N) is 10. The summed E-state index contributed by atoms with van der Waals surface area (Å²) in [5, 5.41) is 10.1. The SMILES string of the molecule is COc1c(C)cnc(CN2CC(=O)N(CC(C)C)c3c(Br)nc(N)nc32)c1C.COc1c(C)cnc(CN2CC(=O)N(CCCC(C)(C)O)c3c(Cl)nc(N)nc32)c1C. The van der Waals surface area contributed by atoms with Gasteiger partial charge in [-0.3, -0.25) is 19.6 Å². The van der Waals surface area contributed by atoms with Crippen LogP contribution in [0.15, 0.2) is 17.0 Å². The van der Waals surface area contributed by atoms with Crippen molar-refractivity contribution in [3.8, 4) is 11.5 Å². The van der Waals surface area contributed by atoms with Crippen molar-refractivity contribution in [3.05, 3.63) is 55.8 Å². The van der Waals surface area contributed by atoms with E-state index in [1.165, 1.54) is 0 Å². The molecule has 2 aliphatic heterocycles. The highest BCUT2D eigenvalue weighted by atomic mass is 79.9. The molecule has 0 fully saturated rings. The van der Waals surface area contributed by atoms with Gasteiger partial charge in [0.25, 0.3) is 0 Å². The van der Waals surface area contributed by atoms with Crippen LogP contribution in [-0.2, 0) is 22.7 Å². The molecule has 19 heteroatoms. The van der Waals surface area contributed by atoms with Gasteiger partial charge in [-0.25, -0.2) is 4.98 Å². The number of hydrogen-bond acceptors (Lipinski definition) is 15. The Balaban J connectivity index is 0.000000225. The smallest absolute Gasteiger partial charge is 0.246 e. The molecule has 0 atom stereocenters. The molecule has 17 nitrogen and oxygen atoms in total. The summed E-state index contributed by atoms with van der Waals surface area (Å²) in [6.07, 6.45) is 4.67. The van der Waals surface area contributed by atoms with Crippen molar-refractivity contribution in [1.29, 1.82) is 0 Å². The minimum Gasteiger partial charge on any atom is -0.496 e. The second-order valence-electron chi connectivity index (χ2n) is 15.8. The molecule has 2 aliphatic rings. The van der Waals surface area contributed by atoms with Crippen LogP contribution in [0.5, 0.6) is 11.5 Å². The van der Waals surface area contributed by atoms with Crippen LogP contribution in [0.3, 0.4) is 0 Å². The van der Waals surface area contributed by atoms with Crippen LogP contribution in [0.2, 0.25) is 5.15 Å². The number of aryl methyl sites for hydroxylation is 2. The van der Waals surface area contributed by atoms with E-state index in [1.54, 1.807) is 55.2 Å². The molecule has 0 aliphatic carbocycles. The van der Waals surface area contributed by atoms with Crippen LogP contribution in [0.25, 0.3) is 0 Å². The van der Waals surface area contributed by atoms with Crippen LogP contribution in [0.4, 0.5) is 34.9 Å². The Hall–Kier alpha value is -5.07. The van der Waals surface area contributed by atoms with Crippen molar-refractivity contribution in [2.75, 3.05) is 71.5 Å². The standard InChI is InChI=1S/C21H29ClN6O3.C19H25BrN6O2/c1-12-9-24-14(13(2)17(12)31-5)10-27-11-15(29)28(8-6-7-21(3,4)30)16-18(22)25-20(23)26-19(16)27;1-10(2)7-26-14(27)9-25(18-15(26)17(20)23-19(21)24-18)8-13-12(4)16(28-5)11(3)6-22-13/h9,30H,6-8,10-11H2,1-5H3,(H2,23,25,26);6,10H,7-9H2,1-5H3,(H2,21,23,24). The van der Waals surface area contributed by atoms with Gasteiger partial charge in [0.15, 0.2) is 16.8 Å². The Morgan fingerprint density at radius 1 is 0.814 bits per heavy atom. The molecule has 0 aromatic carbocycles. The third kappa shape index (κ3) is 10.2. The molecule has 0 unspecified atom stereocenters. The van der Waals surface area contributed by atoms with E-state index in [1.807, 2.05) is 32.6 Å². The number of hydrogen-bond donors (Lipinski definition) is 3. The van der Waals surface area contributed by atoms with Gasteiger partial charge >= 0.3 is 0 Å². The predicted molar refractivity (Wildman–Crippen MR) is 233 cm³/mol. The highest BCUT2D eigenvalue weighted by molar-refractivity contribution is 9.10. The van der Waals surface area contributed by atoms with Gasteiger partial charge in [0, 0.05) is 47.7 Å². The number of aliphatic hydroxyl groups is 1. The van der Waals surface area contributed by atoms with Gasteiger partial charge in [0.1, 0.15) is 27.5 Å². The number of carbonyl (C=O) groups is 2. The lowest BCUT2D eigenvalue weighted by Crippen LogP contribution is -2.47. The number of nitrogen functional groups attached to an aromatic ring is 2. The highest BCUT2D eigenvalue weighted by Crippen LogP contribution is 2.41. The fourth-order valence-corrected chi connectivity index (χ4v) is 8.06. The second-order valence-corrected chi connectivity index (χ2v) is 16.9. The summed E-state index contributed by atoms with van der Waals surface area (Å²) >= 11 is 9.87. The molecule has 5 N–H and O–H groups in total. The lowest BCUT2D eigenvalue weighted by Gasteiger charge is -2.37. The summed E-state index contributed by atoms with van der Waals surface area (Å²) in [6, 6.07) is 0. The Bertz CT molecular complexity index is 2220. The molecule has 0 radical (unpaired) electrons. The van der Waals surface area contributed by atoms with E-state index >= 15 is 0 Å². The van der Waals surface area contributed by atoms with Gasteiger partial charge in [0.05, 0.1) is 57.4 Å². The molecular formula is C40H54BrClN12O5. The first-order valence-electron chi connectivity index (χ1n) is 19.2. The van der Waals surface area contributed by atoms with Crippen LogP contribution < -0.4 is 40.5 Å². The molecule has 6 rings (SSSR count). The highest BCUT2D eigenvalue weighted by Gasteiger charge is 2.36. The maximum absolute atomic E-state index is 13.0. The second kappa shape index (κ2) is 18.5. The largest absolute Gasteiger partial charge is 0.496 e. The molecule has 2 amide bonds. The molecule has 0 saturated carbocycles. The zero-order valence-corrected chi connectivity index (χ0v) is 37.7. The maximum atomic E-state index is 13.0. The lowest BCUT2D eigenvalue weighted by atomic mass is 10.0. The van der Waals surface area contributed by atoms with Gasteiger partial charge in [-0.05, 0) is 76.2 Å². The quantitative estimate of drug-likeness (QED) is 0.150. The number of nitrogens with two attached hydrogens (primary N) is 2. The molecule has 0 bridgehead atoms. The van der Waals surface area contributed by atoms with Crippen molar-refractivity contribution < 1.29 is 24.2 Å². The van der Waals surface area contributed by atoms with E-state index in [4.69, 9.17) is 32.5 Å². The topological polar surface area (TPSA) is 215 Å². The number of amides is 2. The molecule has 4 aromatic heterocycles.